The fourth-order valence-electron chi connectivity index (χ4n) is 1.84. The molecule has 0 aromatic carbocycles. The zero-order valence-corrected chi connectivity index (χ0v) is 17.7. The van der Waals surface area contributed by atoms with Crippen molar-refractivity contribution in [3.63, 3.8) is 0 Å². The number of halogens is 2. The van der Waals surface area contributed by atoms with Gasteiger partial charge < -0.3 is 21.3 Å². The summed E-state index contributed by atoms with van der Waals surface area (Å²) in [6.45, 7) is 5.90. The molecule has 2 aliphatic rings. The maximum atomic E-state index is 4.38. The van der Waals surface area contributed by atoms with Gasteiger partial charge in [0.25, 0.3) is 0 Å². The first-order chi connectivity index (χ1) is 9.95. The van der Waals surface area contributed by atoms with Gasteiger partial charge >= 0.3 is 0 Å². The number of rotatable bonds is 7. The first-order valence-corrected chi connectivity index (χ1v) is 9.73. The van der Waals surface area contributed by atoms with Crippen LogP contribution in [0.4, 0.5) is 0 Å². The van der Waals surface area contributed by atoms with Crippen molar-refractivity contribution in [2.45, 2.75) is 12.8 Å². The van der Waals surface area contributed by atoms with E-state index in [0.29, 0.717) is 0 Å². The van der Waals surface area contributed by atoms with Crippen molar-refractivity contribution < 1.29 is 0 Å². The van der Waals surface area contributed by atoms with Crippen LogP contribution in [0.1, 0.15) is 12.8 Å². The second kappa shape index (κ2) is 14.8. The molecule has 0 unspecified atom stereocenters. The third-order valence-corrected chi connectivity index (χ3v) is 5.24. The van der Waals surface area contributed by atoms with Crippen molar-refractivity contribution >= 4 is 67.5 Å². The van der Waals surface area contributed by atoms with E-state index in [1.54, 1.807) is 0 Å². The summed E-state index contributed by atoms with van der Waals surface area (Å²) in [7, 11) is 3.80. The maximum absolute atomic E-state index is 4.38. The quantitative estimate of drug-likeness (QED) is 0.328. The minimum Gasteiger partial charge on any atom is -0.356 e. The molecular formula is C12H26Br2N6S2. The molecule has 0 spiro atoms. The monoisotopic (exact) mass is 476 g/mol. The average Bonchev–Trinajstić information content (AvgIpc) is 2.52. The van der Waals surface area contributed by atoms with Crippen molar-refractivity contribution in [1.82, 2.24) is 21.3 Å². The predicted octanol–water partition coefficient (Wildman–Crippen LogP) is 1.40. The van der Waals surface area contributed by atoms with Crippen LogP contribution in [0.15, 0.2) is 9.98 Å². The van der Waals surface area contributed by atoms with Crippen LogP contribution in [-0.2, 0) is 0 Å². The Labute approximate surface area is 161 Å². The largest absolute Gasteiger partial charge is 0.356 e. The van der Waals surface area contributed by atoms with Gasteiger partial charge in [0.2, 0.25) is 0 Å². The number of hydrogen-bond acceptors (Lipinski definition) is 8. The van der Waals surface area contributed by atoms with Crippen molar-refractivity contribution in [2.24, 2.45) is 9.98 Å². The molecule has 2 heterocycles. The molecule has 0 aromatic heterocycles. The number of hydrogen-bond donors (Lipinski definition) is 4. The molecule has 0 bridgehead atoms. The molecule has 0 aliphatic carbocycles. The van der Waals surface area contributed by atoms with Crippen LogP contribution in [-0.4, -0.2) is 62.7 Å². The molecule has 0 fully saturated rings. The van der Waals surface area contributed by atoms with Crippen LogP contribution >= 0.6 is 55.6 Å². The van der Waals surface area contributed by atoms with E-state index in [-0.39, 0.29) is 34.0 Å². The predicted molar refractivity (Wildman–Crippen MR) is 111 cm³/mol. The Balaban J connectivity index is 0.00000220. The summed E-state index contributed by atoms with van der Waals surface area (Å²) < 4.78 is 0. The molecule has 0 amide bonds. The minimum atomic E-state index is 0. The van der Waals surface area contributed by atoms with E-state index in [1.165, 1.54) is 0 Å². The molecule has 2 aliphatic heterocycles. The lowest BCUT2D eigenvalue weighted by molar-refractivity contribution is 0.709. The summed E-state index contributed by atoms with van der Waals surface area (Å²) in [6, 6.07) is 0. The highest BCUT2D eigenvalue weighted by Gasteiger charge is 2.03. The van der Waals surface area contributed by atoms with Crippen LogP contribution in [0.25, 0.3) is 0 Å². The molecule has 0 aromatic rings. The van der Waals surface area contributed by atoms with Gasteiger partial charge in [0.05, 0.1) is 0 Å². The molecule has 0 radical (unpaired) electrons. The topological polar surface area (TPSA) is 72.8 Å². The van der Waals surface area contributed by atoms with Crippen molar-refractivity contribution in [2.75, 3.05) is 50.8 Å². The van der Waals surface area contributed by atoms with Gasteiger partial charge in [0.1, 0.15) is 0 Å². The van der Waals surface area contributed by atoms with Crippen LogP contribution < -0.4 is 21.3 Å². The second-order valence-electron chi connectivity index (χ2n) is 4.52. The number of nitrogens with one attached hydrogen (secondary N) is 4. The van der Waals surface area contributed by atoms with Gasteiger partial charge in [-0.05, 0) is 12.8 Å². The Bertz CT molecular complexity index is 312. The van der Waals surface area contributed by atoms with Gasteiger partial charge in [-0.3, -0.25) is 9.98 Å². The molecule has 0 saturated carbocycles. The first kappa shape index (κ1) is 22.2. The minimum absolute atomic E-state index is 0. The number of nitrogens with zero attached hydrogens (tertiary/aromatic N) is 2. The molecule has 130 valence electrons. The third-order valence-electron chi connectivity index (χ3n) is 2.83. The Kier molecular flexibility index (Phi) is 14.9. The normalized spacial score (nSPS) is 16.7. The summed E-state index contributed by atoms with van der Waals surface area (Å²) in [4.78, 5) is 8.75. The summed E-state index contributed by atoms with van der Waals surface area (Å²) in [6.07, 6.45) is 2.28. The first-order valence-electron chi connectivity index (χ1n) is 7.24. The van der Waals surface area contributed by atoms with Crippen molar-refractivity contribution in [3.05, 3.63) is 0 Å². The Morgan fingerprint density at radius 2 is 1.27 bits per heavy atom. The highest BCUT2D eigenvalue weighted by molar-refractivity contribution is 8.93. The van der Waals surface area contributed by atoms with E-state index in [1.807, 2.05) is 21.6 Å². The standard InChI is InChI=1S/C12H24N6S2.2BrH/c1-3-13-11(14-4-1)17-7-9-19-20-10-8-18-12-15-5-2-6-16-12;;/h1-10H2,(H2,13,14,17)(H2,15,16,18);2*1H. The average molecular weight is 478 g/mol. The summed E-state index contributed by atoms with van der Waals surface area (Å²) in [5.74, 6) is 4.10. The van der Waals surface area contributed by atoms with Gasteiger partial charge in [-0.2, -0.15) is 0 Å². The summed E-state index contributed by atoms with van der Waals surface area (Å²) >= 11 is 0. The molecule has 4 N–H and O–H groups in total. The number of aliphatic imine (C=N–C) groups is 2. The second-order valence-corrected chi connectivity index (χ2v) is 7.22. The Morgan fingerprint density at radius 1 is 0.818 bits per heavy atom. The van der Waals surface area contributed by atoms with Gasteiger partial charge in [0.15, 0.2) is 11.9 Å². The van der Waals surface area contributed by atoms with Crippen LogP contribution in [0, 0.1) is 0 Å². The van der Waals surface area contributed by atoms with Gasteiger partial charge in [-0.25, -0.2) is 0 Å². The highest BCUT2D eigenvalue weighted by atomic mass is 79.9. The van der Waals surface area contributed by atoms with Crippen LogP contribution in [0.3, 0.4) is 0 Å². The fraction of sp³-hybridized carbons (Fsp3) is 0.833. The maximum Gasteiger partial charge on any atom is 0.191 e. The molecule has 0 saturated heterocycles. The fourth-order valence-corrected chi connectivity index (χ4v) is 3.66. The van der Waals surface area contributed by atoms with Crippen molar-refractivity contribution in [1.29, 1.82) is 0 Å². The lowest BCUT2D eigenvalue weighted by atomic mass is 10.4. The van der Waals surface area contributed by atoms with E-state index in [9.17, 15) is 0 Å². The molecule has 22 heavy (non-hydrogen) atoms. The lowest BCUT2D eigenvalue weighted by Gasteiger charge is -2.16. The molecule has 6 nitrogen and oxygen atoms in total. The SMILES string of the molecule is Br.Br.C1CN=C(NCCSSCCNC2=NCCCN2)NC1. The van der Waals surface area contributed by atoms with E-state index >= 15 is 0 Å². The van der Waals surface area contributed by atoms with Gasteiger partial charge in [-0.1, -0.05) is 21.6 Å². The van der Waals surface area contributed by atoms with E-state index in [0.717, 1.165) is 75.5 Å². The molecule has 2 rings (SSSR count). The zero-order valence-electron chi connectivity index (χ0n) is 12.6. The van der Waals surface area contributed by atoms with Crippen LogP contribution in [0.5, 0.6) is 0 Å². The zero-order chi connectivity index (χ0) is 13.9. The Morgan fingerprint density at radius 3 is 1.64 bits per heavy atom. The highest BCUT2D eigenvalue weighted by Crippen LogP contribution is 2.19. The van der Waals surface area contributed by atoms with E-state index in [2.05, 4.69) is 31.3 Å². The molecule has 0 atom stereocenters. The molecule has 10 heteroatoms. The van der Waals surface area contributed by atoms with E-state index in [4.69, 9.17) is 0 Å². The van der Waals surface area contributed by atoms with Crippen LogP contribution in [0.2, 0.25) is 0 Å². The molecular weight excluding hydrogens is 452 g/mol. The third kappa shape index (κ3) is 10.1. The van der Waals surface area contributed by atoms with Gasteiger partial charge in [0, 0.05) is 50.8 Å². The van der Waals surface area contributed by atoms with E-state index < -0.39 is 0 Å². The summed E-state index contributed by atoms with van der Waals surface area (Å²) in [5.41, 5.74) is 0. The van der Waals surface area contributed by atoms with Crippen molar-refractivity contribution in [3.8, 4) is 0 Å². The van der Waals surface area contributed by atoms with Gasteiger partial charge in [-0.15, -0.1) is 34.0 Å². The smallest absolute Gasteiger partial charge is 0.191 e. The lowest BCUT2D eigenvalue weighted by Crippen LogP contribution is -2.41. The number of guanidine groups is 2. The Hall–Kier alpha value is 0.200. The summed E-state index contributed by atoms with van der Waals surface area (Å²) in [5, 5.41) is 13.2.